The summed E-state index contributed by atoms with van der Waals surface area (Å²) >= 11 is 13.2. The van der Waals surface area contributed by atoms with Gasteiger partial charge in [0.15, 0.2) is 16.7 Å². The van der Waals surface area contributed by atoms with E-state index in [-0.39, 0.29) is 12.7 Å². The van der Waals surface area contributed by atoms with Crippen LogP contribution in [0.15, 0.2) is 46.3 Å². The van der Waals surface area contributed by atoms with E-state index in [0.717, 1.165) is 5.56 Å². The number of aliphatic imine (C=N–C) groups is 1. The molecule has 2 aliphatic rings. The zero-order valence-corrected chi connectivity index (χ0v) is 14.9. The summed E-state index contributed by atoms with van der Waals surface area (Å²) in [5, 5.41) is 4.16. The smallest absolute Gasteiger partial charge is 0.264 e. The van der Waals surface area contributed by atoms with Gasteiger partial charge in [-0.05, 0) is 53.7 Å². The molecule has 2 heterocycles. The van der Waals surface area contributed by atoms with E-state index in [9.17, 15) is 4.79 Å². The second-order valence-corrected chi connectivity index (χ2v) is 7.13. The minimum absolute atomic E-state index is 0.212. The van der Waals surface area contributed by atoms with Crippen LogP contribution < -0.4 is 14.8 Å². The molecule has 4 rings (SSSR count). The largest absolute Gasteiger partial charge is 0.454 e. The number of hydrogen-bond acceptors (Lipinski definition) is 5. The van der Waals surface area contributed by atoms with Crippen LogP contribution in [0.1, 0.15) is 5.56 Å². The quantitative estimate of drug-likeness (QED) is 0.757. The summed E-state index contributed by atoms with van der Waals surface area (Å²) in [6.07, 6.45) is 1.77. The lowest BCUT2D eigenvalue weighted by Gasteiger charge is -1.99. The number of hydrogen-bond donors (Lipinski definition) is 1. The number of carbonyl (C=O) groups excluding carboxylic acids is 1. The molecule has 1 amide bonds. The maximum Gasteiger partial charge on any atom is 0.264 e. The Hall–Kier alpha value is -2.15. The molecule has 2 aromatic carbocycles. The normalized spacial score (nSPS) is 18.9. The Bertz CT molecular complexity index is 923. The van der Waals surface area contributed by atoms with Crippen molar-refractivity contribution < 1.29 is 14.3 Å². The summed E-state index contributed by atoms with van der Waals surface area (Å²) in [5.74, 6) is 1.15. The number of carbonyl (C=O) groups is 1. The van der Waals surface area contributed by atoms with Crippen molar-refractivity contribution in [2.45, 2.75) is 0 Å². The summed E-state index contributed by atoms with van der Waals surface area (Å²) in [6, 6.07) is 10.5. The first kappa shape index (κ1) is 16.3. The highest BCUT2D eigenvalue weighted by Crippen LogP contribution is 2.35. The van der Waals surface area contributed by atoms with Crippen LogP contribution in [0.2, 0.25) is 10.0 Å². The van der Waals surface area contributed by atoms with Crippen LogP contribution in [0.25, 0.3) is 6.08 Å². The first-order chi connectivity index (χ1) is 12.1. The molecule has 5 nitrogen and oxygen atoms in total. The number of halogens is 2. The average Bonchev–Trinajstić information content (AvgIpc) is 3.13. The second-order valence-electron chi connectivity index (χ2n) is 5.22. The predicted molar refractivity (Wildman–Crippen MR) is 99.8 cm³/mol. The molecule has 1 fully saturated rings. The molecule has 0 radical (unpaired) electrons. The topological polar surface area (TPSA) is 59.9 Å². The highest BCUT2D eigenvalue weighted by atomic mass is 35.5. The molecule has 1 N–H and O–H groups in total. The van der Waals surface area contributed by atoms with Gasteiger partial charge in [-0.15, -0.1) is 0 Å². The van der Waals surface area contributed by atoms with Crippen LogP contribution in [-0.4, -0.2) is 17.9 Å². The molecular formula is C17H10Cl2N2O3S. The van der Waals surface area contributed by atoms with Gasteiger partial charge in [0.05, 0.1) is 10.6 Å². The van der Waals surface area contributed by atoms with Crippen molar-refractivity contribution in [1.29, 1.82) is 0 Å². The Morgan fingerprint density at radius 2 is 1.84 bits per heavy atom. The number of thioether (sulfide) groups is 1. The highest BCUT2D eigenvalue weighted by Gasteiger charge is 2.24. The Balaban J connectivity index is 1.58. The molecule has 1 saturated heterocycles. The van der Waals surface area contributed by atoms with Crippen molar-refractivity contribution in [2.75, 3.05) is 6.79 Å². The predicted octanol–water partition coefficient (Wildman–Crippen LogP) is 4.61. The van der Waals surface area contributed by atoms with E-state index >= 15 is 0 Å². The van der Waals surface area contributed by atoms with E-state index in [0.29, 0.717) is 37.3 Å². The molecule has 0 aliphatic carbocycles. The van der Waals surface area contributed by atoms with Crippen molar-refractivity contribution >= 4 is 57.8 Å². The zero-order chi connectivity index (χ0) is 17.4. The van der Waals surface area contributed by atoms with Crippen LogP contribution in [0.4, 0.5) is 5.69 Å². The van der Waals surface area contributed by atoms with Gasteiger partial charge in [0, 0.05) is 10.0 Å². The van der Waals surface area contributed by atoms with Crippen LogP contribution in [-0.2, 0) is 4.79 Å². The summed E-state index contributed by atoms with van der Waals surface area (Å²) in [5.41, 5.74) is 1.42. The van der Waals surface area contributed by atoms with Crippen molar-refractivity contribution in [3.63, 3.8) is 0 Å². The van der Waals surface area contributed by atoms with Gasteiger partial charge in [0.1, 0.15) is 0 Å². The Kier molecular flexibility index (Phi) is 4.33. The molecule has 126 valence electrons. The van der Waals surface area contributed by atoms with Crippen LogP contribution in [0.5, 0.6) is 11.5 Å². The lowest BCUT2D eigenvalue weighted by molar-refractivity contribution is -0.115. The van der Waals surface area contributed by atoms with E-state index in [1.165, 1.54) is 11.8 Å². The molecule has 2 aliphatic heterocycles. The van der Waals surface area contributed by atoms with Gasteiger partial charge in [0.25, 0.3) is 5.91 Å². The molecule has 0 saturated carbocycles. The van der Waals surface area contributed by atoms with E-state index < -0.39 is 0 Å². The summed E-state index contributed by atoms with van der Waals surface area (Å²) in [4.78, 5) is 17.1. The number of nitrogens with one attached hydrogen (secondary N) is 1. The maximum absolute atomic E-state index is 12.2. The molecule has 25 heavy (non-hydrogen) atoms. The third-order valence-corrected chi connectivity index (χ3v) is 4.77. The molecule has 0 atom stereocenters. The maximum atomic E-state index is 12.2. The monoisotopic (exact) mass is 392 g/mol. The molecule has 0 bridgehead atoms. The first-order valence-electron chi connectivity index (χ1n) is 7.22. The van der Waals surface area contributed by atoms with Gasteiger partial charge >= 0.3 is 0 Å². The number of ether oxygens (including phenoxy) is 2. The minimum Gasteiger partial charge on any atom is -0.454 e. The summed E-state index contributed by atoms with van der Waals surface area (Å²) < 4.78 is 10.6. The van der Waals surface area contributed by atoms with Crippen LogP contribution in [0.3, 0.4) is 0 Å². The molecule has 8 heteroatoms. The van der Waals surface area contributed by atoms with E-state index in [2.05, 4.69) is 10.3 Å². The molecule has 0 aromatic heterocycles. The van der Waals surface area contributed by atoms with Gasteiger partial charge < -0.3 is 14.8 Å². The third-order valence-electron chi connectivity index (χ3n) is 3.42. The Morgan fingerprint density at radius 1 is 1.08 bits per heavy atom. The highest BCUT2D eigenvalue weighted by molar-refractivity contribution is 8.18. The minimum atomic E-state index is -0.213. The van der Waals surface area contributed by atoms with Crippen LogP contribution in [0, 0.1) is 0 Å². The van der Waals surface area contributed by atoms with Gasteiger partial charge in [-0.25, -0.2) is 4.99 Å². The SMILES string of the molecule is O=C1NC(=Nc2cc(Cl)cc(Cl)c2)S/C1=C/c1ccc2c(c1)OCO2. The third kappa shape index (κ3) is 3.61. The number of rotatable bonds is 2. The number of amides is 1. The fourth-order valence-corrected chi connectivity index (χ4v) is 3.71. The van der Waals surface area contributed by atoms with Crippen molar-refractivity contribution in [3.8, 4) is 11.5 Å². The molecule has 2 aromatic rings. The lowest BCUT2D eigenvalue weighted by atomic mass is 10.2. The van der Waals surface area contributed by atoms with Gasteiger partial charge in [-0.1, -0.05) is 29.3 Å². The Labute approximate surface area is 157 Å². The van der Waals surface area contributed by atoms with E-state index in [4.69, 9.17) is 32.7 Å². The van der Waals surface area contributed by atoms with Gasteiger partial charge in [-0.2, -0.15) is 0 Å². The number of amidine groups is 1. The molecular weight excluding hydrogens is 383 g/mol. The molecule has 0 spiro atoms. The number of fused-ring (bicyclic) bond motifs is 1. The van der Waals surface area contributed by atoms with Gasteiger partial charge in [0.2, 0.25) is 6.79 Å². The fraction of sp³-hybridized carbons (Fsp3) is 0.0588. The zero-order valence-electron chi connectivity index (χ0n) is 12.6. The number of benzene rings is 2. The summed E-state index contributed by atoms with van der Waals surface area (Å²) in [6.45, 7) is 0.212. The second kappa shape index (κ2) is 6.63. The first-order valence-corrected chi connectivity index (χ1v) is 8.79. The molecule has 0 unspecified atom stereocenters. The lowest BCUT2D eigenvalue weighted by Crippen LogP contribution is -2.19. The van der Waals surface area contributed by atoms with Crippen molar-refractivity contribution in [3.05, 3.63) is 56.9 Å². The van der Waals surface area contributed by atoms with Crippen molar-refractivity contribution in [1.82, 2.24) is 5.32 Å². The van der Waals surface area contributed by atoms with Crippen LogP contribution >= 0.6 is 35.0 Å². The Morgan fingerprint density at radius 3 is 2.64 bits per heavy atom. The fourth-order valence-electron chi connectivity index (χ4n) is 2.36. The van der Waals surface area contributed by atoms with E-state index in [1.807, 2.05) is 18.2 Å². The number of nitrogens with zero attached hydrogens (tertiary/aromatic N) is 1. The summed E-state index contributed by atoms with van der Waals surface area (Å²) in [7, 11) is 0. The van der Waals surface area contributed by atoms with E-state index in [1.54, 1.807) is 24.3 Å². The van der Waals surface area contributed by atoms with Gasteiger partial charge in [-0.3, -0.25) is 4.79 Å². The van der Waals surface area contributed by atoms with Crippen molar-refractivity contribution in [2.24, 2.45) is 4.99 Å². The average molecular weight is 393 g/mol. The standard InChI is InChI=1S/C17H10Cl2N2O3S/c18-10-5-11(19)7-12(6-10)20-17-21-16(22)15(25-17)4-9-1-2-13-14(3-9)24-8-23-13/h1-7H,8H2,(H,20,21,22)/b15-4+.